The fourth-order valence-electron chi connectivity index (χ4n) is 2.07. The standard InChI is InChI=1S/C17H27NO/c1-3-15-10-12-16(13-11-15)18-14-8-6-5-7-9-17(19)4-2/h10-13,18H,3-9,14H2,1-2H3. The molecule has 0 heterocycles. The number of unbranched alkanes of at least 4 members (excludes halogenated alkanes) is 3. The van der Waals surface area contributed by atoms with Crippen molar-refractivity contribution in [1.29, 1.82) is 0 Å². The first-order valence-electron chi connectivity index (χ1n) is 7.60. The fourth-order valence-corrected chi connectivity index (χ4v) is 2.07. The maximum absolute atomic E-state index is 11.1. The van der Waals surface area contributed by atoms with Gasteiger partial charge in [0.25, 0.3) is 0 Å². The van der Waals surface area contributed by atoms with E-state index in [4.69, 9.17) is 0 Å². The van der Waals surface area contributed by atoms with Crippen LogP contribution in [0, 0.1) is 0 Å². The van der Waals surface area contributed by atoms with E-state index in [-0.39, 0.29) is 0 Å². The number of ketones is 1. The third-order valence-electron chi connectivity index (χ3n) is 3.47. The minimum Gasteiger partial charge on any atom is -0.385 e. The lowest BCUT2D eigenvalue weighted by molar-refractivity contribution is -0.118. The van der Waals surface area contributed by atoms with Gasteiger partial charge in [0.1, 0.15) is 5.78 Å². The lowest BCUT2D eigenvalue weighted by atomic mass is 10.1. The first kappa shape index (κ1) is 15.7. The predicted molar refractivity (Wildman–Crippen MR) is 82.7 cm³/mol. The first-order valence-corrected chi connectivity index (χ1v) is 7.60. The van der Waals surface area contributed by atoms with Crippen molar-refractivity contribution < 1.29 is 4.79 Å². The second-order valence-corrected chi connectivity index (χ2v) is 5.03. The summed E-state index contributed by atoms with van der Waals surface area (Å²) in [5.41, 5.74) is 2.59. The maximum Gasteiger partial charge on any atom is 0.132 e. The molecule has 2 nitrogen and oxygen atoms in total. The summed E-state index contributed by atoms with van der Waals surface area (Å²) in [4.78, 5) is 11.1. The van der Waals surface area contributed by atoms with Crippen molar-refractivity contribution >= 4 is 11.5 Å². The van der Waals surface area contributed by atoms with E-state index in [2.05, 4.69) is 36.5 Å². The topological polar surface area (TPSA) is 29.1 Å². The second-order valence-electron chi connectivity index (χ2n) is 5.03. The molecule has 0 aliphatic carbocycles. The van der Waals surface area contributed by atoms with Crippen LogP contribution < -0.4 is 5.32 Å². The average Bonchev–Trinajstić information content (AvgIpc) is 2.46. The Bertz CT molecular complexity index is 356. The molecular weight excluding hydrogens is 234 g/mol. The van der Waals surface area contributed by atoms with Gasteiger partial charge in [-0.05, 0) is 37.0 Å². The minimum absolute atomic E-state index is 0.397. The Hall–Kier alpha value is -1.31. The molecule has 0 amide bonds. The van der Waals surface area contributed by atoms with E-state index in [0.717, 1.165) is 25.8 Å². The van der Waals surface area contributed by atoms with Crippen LogP contribution >= 0.6 is 0 Å². The molecule has 0 aliphatic rings. The van der Waals surface area contributed by atoms with Crippen LogP contribution in [0.1, 0.15) is 57.9 Å². The zero-order valence-corrected chi connectivity index (χ0v) is 12.4. The van der Waals surface area contributed by atoms with Crippen molar-refractivity contribution in [2.75, 3.05) is 11.9 Å². The third kappa shape index (κ3) is 7.00. The van der Waals surface area contributed by atoms with Gasteiger partial charge in [-0.2, -0.15) is 0 Å². The molecule has 106 valence electrons. The van der Waals surface area contributed by atoms with Crippen molar-refractivity contribution in [2.24, 2.45) is 0 Å². The Morgan fingerprint density at radius 1 is 1.00 bits per heavy atom. The zero-order valence-electron chi connectivity index (χ0n) is 12.4. The number of Topliss-reactive ketones (excluding diaryl/α,β-unsaturated/α-hetero) is 1. The van der Waals surface area contributed by atoms with E-state index >= 15 is 0 Å². The molecule has 0 saturated heterocycles. The number of aryl methyl sites for hydroxylation is 1. The van der Waals surface area contributed by atoms with Gasteiger partial charge >= 0.3 is 0 Å². The highest BCUT2D eigenvalue weighted by Crippen LogP contribution is 2.11. The highest BCUT2D eigenvalue weighted by molar-refractivity contribution is 5.77. The smallest absolute Gasteiger partial charge is 0.132 e. The average molecular weight is 261 g/mol. The number of carbonyl (C=O) groups excluding carboxylic acids is 1. The van der Waals surface area contributed by atoms with Crippen LogP contribution in [0.3, 0.4) is 0 Å². The number of nitrogens with one attached hydrogen (secondary N) is 1. The molecule has 0 aliphatic heterocycles. The Morgan fingerprint density at radius 3 is 2.32 bits per heavy atom. The van der Waals surface area contributed by atoms with Crippen LogP contribution in [0.15, 0.2) is 24.3 Å². The van der Waals surface area contributed by atoms with E-state index in [1.54, 1.807) is 0 Å². The molecule has 0 aromatic heterocycles. The van der Waals surface area contributed by atoms with Gasteiger partial charge in [0.15, 0.2) is 0 Å². The molecule has 0 atom stereocenters. The molecule has 0 saturated carbocycles. The molecular formula is C17H27NO. The fraction of sp³-hybridized carbons (Fsp3) is 0.588. The number of hydrogen-bond donors (Lipinski definition) is 1. The van der Waals surface area contributed by atoms with Crippen LogP contribution in [-0.4, -0.2) is 12.3 Å². The van der Waals surface area contributed by atoms with Gasteiger partial charge < -0.3 is 5.32 Å². The Morgan fingerprint density at radius 2 is 1.68 bits per heavy atom. The number of hydrogen-bond acceptors (Lipinski definition) is 2. The quantitative estimate of drug-likeness (QED) is 0.624. The van der Waals surface area contributed by atoms with Crippen molar-refractivity contribution in [3.05, 3.63) is 29.8 Å². The highest BCUT2D eigenvalue weighted by atomic mass is 16.1. The zero-order chi connectivity index (χ0) is 13.9. The van der Waals surface area contributed by atoms with Gasteiger partial charge in [-0.25, -0.2) is 0 Å². The van der Waals surface area contributed by atoms with E-state index in [9.17, 15) is 4.79 Å². The molecule has 0 unspecified atom stereocenters. The third-order valence-corrected chi connectivity index (χ3v) is 3.47. The van der Waals surface area contributed by atoms with Crippen molar-refractivity contribution in [2.45, 2.75) is 58.8 Å². The second kappa shape index (κ2) is 9.60. The van der Waals surface area contributed by atoms with E-state index < -0.39 is 0 Å². The molecule has 0 fully saturated rings. The van der Waals surface area contributed by atoms with E-state index in [0.29, 0.717) is 12.2 Å². The van der Waals surface area contributed by atoms with Crippen LogP contribution in [0.4, 0.5) is 5.69 Å². The molecule has 1 aromatic rings. The first-order chi connectivity index (χ1) is 9.26. The number of carbonyl (C=O) groups is 1. The summed E-state index contributed by atoms with van der Waals surface area (Å²) in [6.45, 7) is 5.13. The Kier molecular flexibility index (Phi) is 7.95. The highest BCUT2D eigenvalue weighted by Gasteiger charge is 1.98. The lowest BCUT2D eigenvalue weighted by Crippen LogP contribution is -2.01. The molecule has 1 aromatic carbocycles. The molecule has 19 heavy (non-hydrogen) atoms. The molecule has 1 N–H and O–H groups in total. The van der Waals surface area contributed by atoms with Gasteiger partial charge in [-0.1, -0.05) is 38.8 Å². The number of benzene rings is 1. The predicted octanol–water partition coefficient (Wildman–Crippen LogP) is 4.59. The summed E-state index contributed by atoms with van der Waals surface area (Å²) >= 11 is 0. The van der Waals surface area contributed by atoms with Crippen LogP contribution in [0.2, 0.25) is 0 Å². The molecule has 1 rings (SSSR count). The lowest BCUT2D eigenvalue weighted by Gasteiger charge is -2.07. The molecule has 0 bridgehead atoms. The van der Waals surface area contributed by atoms with Crippen LogP contribution in [-0.2, 0) is 11.2 Å². The minimum atomic E-state index is 0.397. The summed E-state index contributed by atoms with van der Waals surface area (Å²) in [7, 11) is 0. The van der Waals surface area contributed by atoms with Crippen LogP contribution in [0.25, 0.3) is 0 Å². The van der Waals surface area contributed by atoms with Gasteiger partial charge in [0, 0.05) is 25.1 Å². The SMILES string of the molecule is CCC(=O)CCCCCCNc1ccc(CC)cc1. The van der Waals surface area contributed by atoms with Crippen LogP contribution in [0.5, 0.6) is 0 Å². The van der Waals surface area contributed by atoms with E-state index in [1.807, 2.05) is 6.92 Å². The van der Waals surface area contributed by atoms with Gasteiger partial charge in [-0.3, -0.25) is 4.79 Å². The van der Waals surface area contributed by atoms with Crippen molar-refractivity contribution in [3.63, 3.8) is 0 Å². The summed E-state index contributed by atoms with van der Waals surface area (Å²) in [5.74, 6) is 0.397. The van der Waals surface area contributed by atoms with Crippen molar-refractivity contribution in [3.8, 4) is 0 Å². The number of rotatable bonds is 10. The van der Waals surface area contributed by atoms with Gasteiger partial charge in [0.2, 0.25) is 0 Å². The summed E-state index contributed by atoms with van der Waals surface area (Å²) < 4.78 is 0. The Balaban J connectivity index is 2.02. The summed E-state index contributed by atoms with van der Waals surface area (Å²) in [6.07, 6.45) is 7.15. The maximum atomic E-state index is 11.1. The van der Waals surface area contributed by atoms with E-state index in [1.165, 1.54) is 30.5 Å². The normalized spacial score (nSPS) is 10.4. The van der Waals surface area contributed by atoms with Gasteiger partial charge in [-0.15, -0.1) is 0 Å². The monoisotopic (exact) mass is 261 g/mol. The van der Waals surface area contributed by atoms with Gasteiger partial charge in [0.05, 0.1) is 0 Å². The molecule has 2 heteroatoms. The summed E-state index contributed by atoms with van der Waals surface area (Å²) in [6, 6.07) is 8.66. The summed E-state index contributed by atoms with van der Waals surface area (Å²) in [5, 5.41) is 3.44. The largest absolute Gasteiger partial charge is 0.385 e. The Labute approximate surface area is 117 Å². The molecule has 0 spiro atoms. The number of anilines is 1. The molecule has 0 radical (unpaired) electrons. The van der Waals surface area contributed by atoms with Crippen molar-refractivity contribution in [1.82, 2.24) is 0 Å².